The summed E-state index contributed by atoms with van der Waals surface area (Å²) < 4.78 is 16.5. The zero-order valence-corrected chi connectivity index (χ0v) is 19.9. The normalized spacial score (nSPS) is 13.8. The molecular formula is C22H26Cl2N2O6. The number of benzene rings is 1. The molecule has 174 valence electrons. The quantitative estimate of drug-likeness (QED) is 0.512. The van der Waals surface area contributed by atoms with Crippen LogP contribution >= 0.6 is 23.2 Å². The molecule has 10 heteroatoms. The van der Waals surface area contributed by atoms with Crippen molar-refractivity contribution in [1.82, 2.24) is 10.3 Å². The van der Waals surface area contributed by atoms with E-state index in [4.69, 9.17) is 37.4 Å². The van der Waals surface area contributed by atoms with Crippen molar-refractivity contribution < 1.29 is 28.9 Å². The zero-order valence-electron chi connectivity index (χ0n) is 18.4. The van der Waals surface area contributed by atoms with Crippen LogP contribution in [0.5, 0.6) is 17.2 Å². The molecule has 0 bridgehead atoms. The molecule has 0 spiro atoms. The monoisotopic (exact) mass is 484 g/mol. The fraction of sp³-hybridized carbons (Fsp3) is 0.409. The predicted molar refractivity (Wildman–Crippen MR) is 121 cm³/mol. The number of methoxy groups -OCH3 is 1. The third kappa shape index (κ3) is 6.40. The lowest BCUT2D eigenvalue weighted by Crippen LogP contribution is -2.44. The summed E-state index contributed by atoms with van der Waals surface area (Å²) in [7, 11) is 1.35. The number of nitrogens with zero attached hydrogens (tertiary/aromatic N) is 1. The average molecular weight is 485 g/mol. The number of amides is 1. The first-order valence-electron chi connectivity index (χ1n) is 9.90. The first-order valence-corrected chi connectivity index (χ1v) is 10.7. The Bertz CT molecular complexity index is 969. The van der Waals surface area contributed by atoms with Gasteiger partial charge in [-0.05, 0) is 38.0 Å². The molecule has 0 radical (unpaired) electrons. The second-order valence-corrected chi connectivity index (χ2v) is 8.29. The van der Waals surface area contributed by atoms with Crippen LogP contribution < -0.4 is 14.8 Å². The lowest BCUT2D eigenvalue weighted by atomic mass is 10.0. The number of carbonyl (C=O) groups is 2. The van der Waals surface area contributed by atoms with Crippen molar-refractivity contribution in [3.63, 3.8) is 0 Å². The molecular weight excluding hydrogens is 459 g/mol. The molecule has 1 aromatic heterocycles. The Labute approximate surface area is 196 Å². The third-order valence-electron chi connectivity index (χ3n) is 4.60. The van der Waals surface area contributed by atoms with E-state index >= 15 is 0 Å². The molecule has 0 saturated heterocycles. The maximum absolute atomic E-state index is 12.6. The standard InChI is InChI=1S/C22H26Cl2N2O6/c1-11(2)20(32-16-7-6-14(23)10-15(16)24)13(4)31-22(29)12(3)26-21(28)18-19(27)17(30-5)8-9-25-18/h6-13,20,27H,1-5H3,(H,26,28)/t12-,13-,20+/m0/s1. The highest BCUT2D eigenvalue weighted by atomic mass is 35.5. The van der Waals surface area contributed by atoms with E-state index in [-0.39, 0.29) is 17.4 Å². The summed E-state index contributed by atoms with van der Waals surface area (Å²) in [6.45, 7) is 6.99. The van der Waals surface area contributed by atoms with Crippen LogP contribution in [0.2, 0.25) is 10.0 Å². The van der Waals surface area contributed by atoms with Gasteiger partial charge in [-0.25, -0.2) is 9.78 Å². The van der Waals surface area contributed by atoms with E-state index in [1.165, 1.54) is 26.3 Å². The van der Waals surface area contributed by atoms with Crippen molar-refractivity contribution >= 4 is 35.1 Å². The highest BCUT2D eigenvalue weighted by molar-refractivity contribution is 6.35. The lowest BCUT2D eigenvalue weighted by molar-refractivity contribution is -0.155. The van der Waals surface area contributed by atoms with Crippen LogP contribution in [0.1, 0.15) is 38.2 Å². The molecule has 8 nitrogen and oxygen atoms in total. The molecule has 2 N–H and O–H groups in total. The van der Waals surface area contributed by atoms with E-state index in [1.807, 2.05) is 13.8 Å². The summed E-state index contributed by atoms with van der Waals surface area (Å²) in [5.74, 6) is -1.36. The first kappa shape index (κ1) is 25.5. The van der Waals surface area contributed by atoms with Gasteiger partial charge in [-0.2, -0.15) is 0 Å². The van der Waals surface area contributed by atoms with Crippen molar-refractivity contribution in [3.8, 4) is 17.2 Å². The number of carbonyl (C=O) groups excluding carboxylic acids is 2. The fourth-order valence-electron chi connectivity index (χ4n) is 2.93. The Morgan fingerprint density at radius 2 is 1.78 bits per heavy atom. The number of pyridine rings is 1. The van der Waals surface area contributed by atoms with Crippen molar-refractivity contribution in [3.05, 3.63) is 46.2 Å². The number of rotatable bonds is 9. The van der Waals surface area contributed by atoms with Crippen LogP contribution in [-0.2, 0) is 9.53 Å². The molecule has 0 aliphatic rings. The van der Waals surface area contributed by atoms with Crippen LogP contribution in [-0.4, -0.2) is 47.3 Å². The van der Waals surface area contributed by atoms with Gasteiger partial charge in [0.05, 0.1) is 12.1 Å². The highest BCUT2D eigenvalue weighted by Crippen LogP contribution is 2.30. The van der Waals surface area contributed by atoms with Gasteiger partial charge in [-0.1, -0.05) is 37.0 Å². The van der Waals surface area contributed by atoms with Gasteiger partial charge in [0.15, 0.2) is 17.2 Å². The molecule has 0 aliphatic carbocycles. The number of aromatic hydroxyl groups is 1. The summed E-state index contributed by atoms with van der Waals surface area (Å²) in [5, 5.41) is 13.3. The highest BCUT2D eigenvalue weighted by Gasteiger charge is 2.30. The second kappa shape index (κ2) is 11.2. The van der Waals surface area contributed by atoms with Gasteiger partial charge >= 0.3 is 5.97 Å². The van der Waals surface area contributed by atoms with Crippen molar-refractivity contribution in [1.29, 1.82) is 0 Å². The smallest absolute Gasteiger partial charge is 0.328 e. The maximum atomic E-state index is 12.6. The minimum absolute atomic E-state index is 0.0210. The molecule has 0 fully saturated rings. The van der Waals surface area contributed by atoms with E-state index in [1.54, 1.807) is 25.1 Å². The summed E-state index contributed by atoms with van der Waals surface area (Å²) in [5.41, 5.74) is -0.266. The molecule has 2 rings (SSSR count). The maximum Gasteiger partial charge on any atom is 0.328 e. The Morgan fingerprint density at radius 1 is 1.09 bits per heavy atom. The average Bonchev–Trinajstić information content (AvgIpc) is 2.72. The molecule has 1 heterocycles. The first-order chi connectivity index (χ1) is 15.0. The number of nitrogens with one attached hydrogen (secondary N) is 1. The van der Waals surface area contributed by atoms with Crippen LogP contribution in [0.3, 0.4) is 0 Å². The summed E-state index contributed by atoms with van der Waals surface area (Å²) >= 11 is 12.1. The Morgan fingerprint density at radius 3 is 2.38 bits per heavy atom. The Kier molecular flexibility index (Phi) is 8.98. The number of esters is 1. The van der Waals surface area contributed by atoms with Gasteiger partial charge in [0.1, 0.15) is 24.0 Å². The van der Waals surface area contributed by atoms with E-state index in [0.29, 0.717) is 15.8 Å². The Balaban J connectivity index is 2.04. The fourth-order valence-corrected chi connectivity index (χ4v) is 3.39. The molecule has 0 unspecified atom stereocenters. The van der Waals surface area contributed by atoms with Gasteiger partial charge in [0.2, 0.25) is 0 Å². The topological polar surface area (TPSA) is 107 Å². The van der Waals surface area contributed by atoms with Crippen molar-refractivity contribution in [2.24, 2.45) is 5.92 Å². The minimum Gasteiger partial charge on any atom is -0.503 e. The number of ether oxygens (including phenoxy) is 3. The minimum atomic E-state index is -1.01. The van der Waals surface area contributed by atoms with E-state index in [9.17, 15) is 14.7 Å². The molecule has 0 aliphatic heterocycles. The van der Waals surface area contributed by atoms with Gasteiger partial charge in [-0.3, -0.25) is 4.79 Å². The van der Waals surface area contributed by atoms with Gasteiger partial charge < -0.3 is 24.6 Å². The molecule has 1 aromatic carbocycles. The lowest BCUT2D eigenvalue weighted by Gasteiger charge is -2.29. The van der Waals surface area contributed by atoms with Crippen LogP contribution in [0.15, 0.2) is 30.5 Å². The number of hydrogen-bond acceptors (Lipinski definition) is 7. The second-order valence-electron chi connectivity index (χ2n) is 7.45. The molecule has 3 atom stereocenters. The van der Waals surface area contributed by atoms with Crippen LogP contribution in [0.4, 0.5) is 0 Å². The van der Waals surface area contributed by atoms with Crippen molar-refractivity contribution in [2.75, 3.05) is 7.11 Å². The number of hydrogen-bond donors (Lipinski definition) is 2. The zero-order chi connectivity index (χ0) is 24.0. The molecule has 0 saturated carbocycles. The molecule has 1 amide bonds. The van der Waals surface area contributed by atoms with Gasteiger partial charge in [0.25, 0.3) is 5.91 Å². The Hall–Kier alpha value is -2.71. The van der Waals surface area contributed by atoms with Gasteiger partial charge in [0, 0.05) is 17.3 Å². The summed E-state index contributed by atoms with van der Waals surface area (Å²) in [6, 6.07) is 5.25. The van der Waals surface area contributed by atoms with E-state index in [2.05, 4.69) is 10.3 Å². The predicted octanol–water partition coefficient (Wildman–Crippen LogP) is 4.26. The number of halogens is 2. The molecule has 32 heavy (non-hydrogen) atoms. The largest absolute Gasteiger partial charge is 0.503 e. The third-order valence-corrected chi connectivity index (χ3v) is 5.13. The van der Waals surface area contributed by atoms with Crippen LogP contribution in [0, 0.1) is 5.92 Å². The van der Waals surface area contributed by atoms with Crippen molar-refractivity contribution in [2.45, 2.75) is 45.9 Å². The van der Waals surface area contributed by atoms with E-state index < -0.39 is 35.9 Å². The number of aromatic nitrogens is 1. The van der Waals surface area contributed by atoms with Gasteiger partial charge in [-0.15, -0.1) is 0 Å². The van der Waals surface area contributed by atoms with E-state index in [0.717, 1.165) is 0 Å². The SMILES string of the molecule is COc1ccnc(C(=O)N[C@@H](C)C(=O)O[C@@H](C)[C@H](Oc2ccc(Cl)cc2Cl)C(C)C)c1O. The summed E-state index contributed by atoms with van der Waals surface area (Å²) in [6.07, 6.45) is 0.145. The van der Waals surface area contributed by atoms with Crippen LogP contribution in [0.25, 0.3) is 0 Å². The molecule has 2 aromatic rings. The summed E-state index contributed by atoms with van der Waals surface area (Å²) in [4.78, 5) is 28.8.